The van der Waals surface area contributed by atoms with E-state index in [1.165, 1.54) is 12.1 Å². The number of fused-ring (bicyclic) bond motifs is 1. The molecule has 0 fully saturated rings. The van der Waals surface area contributed by atoms with E-state index in [4.69, 9.17) is 4.74 Å². The minimum absolute atomic E-state index is 0.324. The number of hydrogen-bond acceptors (Lipinski definition) is 6. The highest BCUT2D eigenvalue weighted by molar-refractivity contribution is 6.06. The summed E-state index contributed by atoms with van der Waals surface area (Å²) in [6.45, 7) is 1.81. The van der Waals surface area contributed by atoms with Crippen molar-refractivity contribution in [3.8, 4) is 17.1 Å². The van der Waals surface area contributed by atoms with E-state index in [1.807, 2.05) is 37.3 Å². The molecule has 1 aliphatic heterocycles. The quantitative estimate of drug-likeness (QED) is 0.462. The van der Waals surface area contributed by atoms with Gasteiger partial charge in [-0.3, -0.25) is 9.78 Å². The van der Waals surface area contributed by atoms with E-state index >= 15 is 0 Å². The number of nitrogens with one attached hydrogen (secondary N) is 2. The molecule has 2 aromatic heterocycles. The number of amides is 1. The number of anilines is 2. The summed E-state index contributed by atoms with van der Waals surface area (Å²) in [6.07, 6.45) is 1.67. The third-order valence-electron chi connectivity index (χ3n) is 5.52. The van der Waals surface area contributed by atoms with Gasteiger partial charge in [-0.15, -0.1) is 5.10 Å². The van der Waals surface area contributed by atoms with Crippen LogP contribution in [-0.4, -0.2) is 32.8 Å². The molecular weight excluding hydrogens is 435 g/mol. The minimum atomic E-state index is -0.631. The van der Waals surface area contributed by atoms with E-state index in [9.17, 15) is 9.18 Å². The molecule has 9 heteroatoms. The Labute approximate surface area is 195 Å². The standard InChI is InChI=1S/C25H21FN6O2/c1-15-21(24(33)29-18-7-3-4-9-20(18)34-2)22(19-8-5-6-14-27-19)32-25(28-15)30-23(31-32)16-10-12-17(26)13-11-16/h3-14,22H,1-2H3,(H,29,33)(H,28,30,31)/t22-/m1/s1. The van der Waals surface area contributed by atoms with Crippen LogP contribution in [0.2, 0.25) is 0 Å². The Kier molecular flexibility index (Phi) is 5.51. The normalized spacial score (nSPS) is 14.9. The number of para-hydroxylation sites is 2. The maximum absolute atomic E-state index is 13.6. The molecular formula is C25H21FN6O2. The first kappa shape index (κ1) is 21.3. The van der Waals surface area contributed by atoms with Gasteiger partial charge in [0.05, 0.1) is 24.1 Å². The zero-order valence-electron chi connectivity index (χ0n) is 18.5. The lowest BCUT2D eigenvalue weighted by Gasteiger charge is -2.28. The number of benzene rings is 2. The van der Waals surface area contributed by atoms with Gasteiger partial charge in [0, 0.05) is 17.5 Å². The number of allylic oxidation sites excluding steroid dienone is 1. The average molecular weight is 456 g/mol. The first-order chi connectivity index (χ1) is 16.5. The molecule has 0 aliphatic carbocycles. The fourth-order valence-corrected chi connectivity index (χ4v) is 3.92. The van der Waals surface area contributed by atoms with Crippen LogP contribution in [0.25, 0.3) is 11.4 Å². The lowest BCUT2D eigenvalue weighted by Crippen LogP contribution is -2.32. The van der Waals surface area contributed by atoms with Gasteiger partial charge < -0.3 is 15.4 Å². The average Bonchev–Trinajstić information content (AvgIpc) is 3.28. The summed E-state index contributed by atoms with van der Waals surface area (Å²) in [5.41, 5.74) is 2.89. The molecule has 4 aromatic rings. The molecule has 3 heterocycles. The van der Waals surface area contributed by atoms with Crippen molar-refractivity contribution in [3.05, 3.63) is 95.7 Å². The first-order valence-electron chi connectivity index (χ1n) is 10.6. The van der Waals surface area contributed by atoms with E-state index < -0.39 is 6.04 Å². The van der Waals surface area contributed by atoms with Gasteiger partial charge in [0.1, 0.15) is 17.6 Å². The lowest BCUT2D eigenvalue weighted by molar-refractivity contribution is -0.113. The van der Waals surface area contributed by atoms with Gasteiger partial charge in [0.15, 0.2) is 5.82 Å². The van der Waals surface area contributed by atoms with E-state index in [-0.39, 0.29) is 11.7 Å². The van der Waals surface area contributed by atoms with Crippen LogP contribution in [0, 0.1) is 5.82 Å². The van der Waals surface area contributed by atoms with E-state index in [0.29, 0.717) is 45.7 Å². The fourth-order valence-electron chi connectivity index (χ4n) is 3.92. The molecule has 0 saturated heterocycles. The van der Waals surface area contributed by atoms with Crippen LogP contribution < -0.4 is 15.4 Å². The Morgan fingerprint density at radius 2 is 1.85 bits per heavy atom. The first-order valence-corrected chi connectivity index (χ1v) is 10.6. The monoisotopic (exact) mass is 456 g/mol. The predicted molar refractivity (Wildman–Crippen MR) is 126 cm³/mol. The summed E-state index contributed by atoms with van der Waals surface area (Å²) in [4.78, 5) is 22.6. The second-order valence-electron chi connectivity index (χ2n) is 7.69. The third-order valence-corrected chi connectivity index (χ3v) is 5.52. The molecule has 2 N–H and O–H groups in total. The maximum atomic E-state index is 13.6. The molecule has 0 spiro atoms. The summed E-state index contributed by atoms with van der Waals surface area (Å²) < 4.78 is 20.4. The Balaban J connectivity index is 1.58. The highest BCUT2D eigenvalue weighted by Crippen LogP contribution is 2.36. The van der Waals surface area contributed by atoms with Gasteiger partial charge in [-0.2, -0.15) is 4.98 Å². The summed E-state index contributed by atoms with van der Waals surface area (Å²) in [5, 5.41) is 10.8. The van der Waals surface area contributed by atoms with Crippen molar-refractivity contribution in [1.82, 2.24) is 19.7 Å². The highest BCUT2D eigenvalue weighted by atomic mass is 19.1. The third kappa shape index (κ3) is 3.88. The second kappa shape index (κ2) is 8.78. The SMILES string of the molecule is COc1ccccc1NC(=O)C1=C(C)Nc2nc(-c3ccc(F)cc3)nn2[C@@H]1c1ccccn1. The van der Waals surface area contributed by atoms with Crippen molar-refractivity contribution in [2.45, 2.75) is 13.0 Å². The van der Waals surface area contributed by atoms with Crippen LogP contribution in [0.5, 0.6) is 5.75 Å². The molecule has 5 rings (SSSR count). The smallest absolute Gasteiger partial charge is 0.256 e. The van der Waals surface area contributed by atoms with Gasteiger partial charge in [0.25, 0.3) is 5.91 Å². The Hall–Kier alpha value is -4.53. The fraction of sp³-hybridized carbons (Fsp3) is 0.120. The number of carbonyl (C=O) groups excluding carboxylic acids is 1. The number of rotatable bonds is 5. The molecule has 1 amide bonds. The minimum Gasteiger partial charge on any atom is -0.495 e. The van der Waals surface area contributed by atoms with Gasteiger partial charge in [-0.25, -0.2) is 9.07 Å². The van der Waals surface area contributed by atoms with E-state index in [2.05, 4.69) is 25.7 Å². The van der Waals surface area contributed by atoms with E-state index in [1.54, 1.807) is 42.3 Å². The number of carbonyl (C=O) groups is 1. The van der Waals surface area contributed by atoms with Crippen LogP contribution in [0.1, 0.15) is 18.7 Å². The van der Waals surface area contributed by atoms with Gasteiger partial charge in [-0.05, 0) is 55.5 Å². The van der Waals surface area contributed by atoms with Crippen LogP contribution in [0.15, 0.2) is 84.2 Å². The Morgan fingerprint density at radius 3 is 2.59 bits per heavy atom. The second-order valence-corrected chi connectivity index (χ2v) is 7.69. The number of aromatic nitrogens is 4. The molecule has 0 unspecified atom stereocenters. The van der Waals surface area contributed by atoms with Crippen molar-refractivity contribution >= 4 is 17.5 Å². The number of halogens is 1. The van der Waals surface area contributed by atoms with Gasteiger partial charge in [0.2, 0.25) is 5.95 Å². The predicted octanol–water partition coefficient (Wildman–Crippen LogP) is 4.42. The van der Waals surface area contributed by atoms with Crippen LogP contribution >= 0.6 is 0 Å². The van der Waals surface area contributed by atoms with E-state index in [0.717, 1.165) is 0 Å². The van der Waals surface area contributed by atoms with Crippen molar-refractivity contribution in [2.24, 2.45) is 0 Å². The molecule has 0 saturated carbocycles. The van der Waals surface area contributed by atoms with Crippen LogP contribution in [0.4, 0.5) is 16.0 Å². The largest absolute Gasteiger partial charge is 0.495 e. The molecule has 8 nitrogen and oxygen atoms in total. The molecule has 170 valence electrons. The Morgan fingerprint density at radius 1 is 1.09 bits per heavy atom. The molecule has 1 aliphatic rings. The molecule has 2 aromatic carbocycles. The number of hydrogen-bond donors (Lipinski definition) is 2. The topological polar surface area (TPSA) is 94.0 Å². The molecule has 0 bridgehead atoms. The van der Waals surface area contributed by atoms with Crippen LogP contribution in [-0.2, 0) is 4.79 Å². The van der Waals surface area contributed by atoms with Crippen LogP contribution in [0.3, 0.4) is 0 Å². The maximum Gasteiger partial charge on any atom is 0.256 e. The van der Waals surface area contributed by atoms with Crippen molar-refractivity contribution in [3.63, 3.8) is 0 Å². The molecule has 0 radical (unpaired) electrons. The summed E-state index contributed by atoms with van der Waals surface area (Å²) in [6, 6.07) is 18.0. The summed E-state index contributed by atoms with van der Waals surface area (Å²) in [7, 11) is 1.55. The zero-order valence-corrected chi connectivity index (χ0v) is 18.5. The van der Waals surface area contributed by atoms with Crippen molar-refractivity contribution < 1.29 is 13.9 Å². The van der Waals surface area contributed by atoms with Gasteiger partial charge >= 0.3 is 0 Å². The molecule has 1 atom stereocenters. The summed E-state index contributed by atoms with van der Waals surface area (Å²) in [5.74, 6) is 0.746. The lowest BCUT2D eigenvalue weighted by atomic mass is 9.98. The molecule has 34 heavy (non-hydrogen) atoms. The number of pyridine rings is 1. The number of methoxy groups -OCH3 is 1. The van der Waals surface area contributed by atoms with Gasteiger partial charge in [-0.1, -0.05) is 18.2 Å². The number of ether oxygens (including phenoxy) is 1. The highest BCUT2D eigenvalue weighted by Gasteiger charge is 2.35. The van der Waals surface area contributed by atoms with Crippen molar-refractivity contribution in [2.75, 3.05) is 17.7 Å². The van der Waals surface area contributed by atoms with Crippen molar-refractivity contribution in [1.29, 1.82) is 0 Å². The summed E-state index contributed by atoms with van der Waals surface area (Å²) >= 11 is 0. The zero-order chi connectivity index (χ0) is 23.7. The Bertz CT molecular complexity index is 1380. The number of nitrogens with zero attached hydrogens (tertiary/aromatic N) is 4.